The van der Waals surface area contributed by atoms with Crippen molar-refractivity contribution >= 4 is 15.9 Å². The van der Waals surface area contributed by atoms with E-state index in [0.717, 1.165) is 28.0 Å². The van der Waals surface area contributed by atoms with Crippen molar-refractivity contribution in [3.05, 3.63) is 58.1 Å². The standard InChI is InChI=1S/C16H19BrN2O2/c1-20-14-7-4-8-15(21-2)16(14)13(19-18)10-11-5-3-6-12(17)9-11/h3-9,13,19H,10,18H2,1-2H3. The number of methoxy groups -OCH3 is 2. The Labute approximate surface area is 133 Å². The normalized spacial score (nSPS) is 12.0. The van der Waals surface area contributed by atoms with Gasteiger partial charge < -0.3 is 9.47 Å². The van der Waals surface area contributed by atoms with E-state index < -0.39 is 0 Å². The van der Waals surface area contributed by atoms with Gasteiger partial charge >= 0.3 is 0 Å². The quantitative estimate of drug-likeness (QED) is 0.620. The van der Waals surface area contributed by atoms with Gasteiger partial charge in [0.25, 0.3) is 0 Å². The largest absolute Gasteiger partial charge is 0.496 e. The van der Waals surface area contributed by atoms with Crippen LogP contribution in [0.5, 0.6) is 11.5 Å². The van der Waals surface area contributed by atoms with Gasteiger partial charge in [-0.2, -0.15) is 0 Å². The summed E-state index contributed by atoms with van der Waals surface area (Å²) in [5, 5.41) is 0. The van der Waals surface area contributed by atoms with E-state index in [2.05, 4.69) is 33.5 Å². The predicted octanol–water partition coefficient (Wildman–Crippen LogP) is 3.21. The first-order valence-corrected chi connectivity index (χ1v) is 7.40. The third-order valence-electron chi connectivity index (χ3n) is 3.34. The molecule has 0 fully saturated rings. The fraction of sp³-hybridized carbons (Fsp3) is 0.250. The summed E-state index contributed by atoms with van der Waals surface area (Å²) < 4.78 is 11.9. The maximum atomic E-state index is 5.77. The number of halogens is 1. The minimum Gasteiger partial charge on any atom is -0.496 e. The van der Waals surface area contributed by atoms with Crippen LogP contribution in [-0.4, -0.2) is 14.2 Å². The summed E-state index contributed by atoms with van der Waals surface area (Å²) in [4.78, 5) is 0. The third kappa shape index (κ3) is 3.75. The van der Waals surface area contributed by atoms with Crippen molar-refractivity contribution in [2.45, 2.75) is 12.5 Å². The first-order chi connectivity index (χ1) is 10.2. The summed E-state index contributed by atoms with van der Waals surface area (Å²) in [5.74, 6) is 7.28. The van der Waals surface area contributed by atoms with Crippen molar-refractivity contribution in [3.8, 4) is 11.5 Å². The van der Waals surface area contributed by atoms with E-state index in [-0.39, 0.29) is 6.04 Å². The highest BCUT2D eigenvalue weighted by molar-refractivity contribution is 9.10. The van der Waals surface area contributed by atoms with Crippen molar-refractivity contribution in [2.24, 2.45) is 5.84 Å². The van der Waals surface area contributed by atoms with Crippen LogP contribution in [0.25, 0.3) is 0 Å². The molecule has 0 spiro atoms. The molecule has 0 amide bonds. The summed E-state index contributed by atoms with van der Waals surface area (Å²) in [5.41, 5.74) is 4.95. The van der Waals surface area contributed by atoms with Gasteiger partial charge in [-0.05, 0) is 36.2 Å². The molecule has 0 aromatic heterocycles. The zero-order valence-electron chi connectivity index (χ0n) is 12.1. The van der Waals surface area contributed by atoms with Gasteiger partial charge in [-0.1, -0.05) is 34.1 Å². The molecule has 0 heterocycles. The van der Waals surface area contributed by atoms with Gasteiger partial charge in [0.2, 0.25) is 0 Å². The number of rotatable bonds is 6. The lowest BCUT2D eigenvalue weighted by Gasteiger charge is -2.21. The minimum atomic E-state index is -0.106. The molecule has 1 atom stereocenters. The number of benzene rings is 2. The summed E-state index contributed by atoms with van der Waals surface area (Å²) >= 11 is 3.49. The monoisotopic (exact) mass is 350 g/mol. The van der Waals surface area contributed by atoms with Crippen LogP contribution in [0.1, 0.15) is 17.2 Å². The third-order valence-corrected chi connectivity index (χ3v) is 3.84. The van der Waals surface area contributed by atoms with Gasteiger partial charge in [0.05, 0.1) is 25.8 Å². The summed E-state index contributed by atoms with van der Waals surface area (Å²) in [6, 6.07) is 13.7. The average Bonchev–Trinajstić information content (AvgIpc) is 2.52. The zero-order valence-corrected chi connectivity index (χ0v) is 13.7. The Morgan fingerprint density at radius 2 is 1.71 bits per heavy atom. The van der Waals surface area contributed by atoms with Crippen molar-refractivity contribution in [2.75, 3.05) is 14.2 Å². The highest BCUT2D eigenvalue weighted by Crippen LogP contribution is 2.35. The van der Waals surface area contributed by atoms with Crippen LogP contribution < -0.4 is 20.7 Å². The van der Waals surface area contributed by atoms with Gasteiger partial charge in [-0.3, -0.25) is 11.3 Å². The lowest BCUT2D eigenvalue weighted by molar-refractivity contribution is 0.370. The molecule has 0 radical (unpaired) electrons. The van der Waals surface area contributed by atoms with E-state index in [9.17, 15) is 0 Å². The molecule has 0 aliphatic rings. The molecule has 0 saturated heterocycles. The Bertz CT molecular complexity index is 582. The van der Waals surface area contributed by atoms with Crippen LogP contribution in [0.4, 0.5) is 0 Å². The van der Waals surface area contributed by atoms with Gasteiger partial charge in [-0.25, -0.2) is 0 Å². The van der Waals surface area contributed by atoms with Gasteiger partial charge in [0.1, 0.15) is 11.5 Å². The molecule has 2 rings (SSSR count). The molecule has 1 unspecified atom stereocenters. The van der Waals surface area contributed by atoms with Crippen LogP contribution in [0, 0.1) is 0 Å². The van der Waals surface area contributed by atoms with Crippen LogP contribution in [-0.2, 0) is 6.42 Å². The molecular formula is C16H19BrN2O2. The number of ether oxygens (including phenoxy) is 2. The van der Waals surface area contributed by atoms with Gasteiger partial charge in [0, 0.05) is 4.47 Å². The van der Waals surface area contributed by atoms with E-state index in [1.165, 1.54) is 5.56 Å². The molecule has 0 saturated carbocycles. The van der Waals surface area contributed by atoms with Crippen LogP contribution in [0.15, 0.2) is 46.9 Å². The average molecular weight is 351 g/mol. The topological polar surface area (TPSA) is 56.5 Å². The zero-order chi connectivity index (χ0) is 15.2. The van der Waals surface area contributed by atoms with Crippen molar-refractivity contribution in [1.29, 1.82) is 0 Å². The fourth-order valence-corrected chi connectivity index (χ4v) is 2.81. The second-order valence-electron chi connectivity index (χ2n) is 4.63. The molecule has 112 valence electrons. The van der Waals surface area contributed by atoms with Crippen molar-refractivity contribution < 1.29 is 9.47 Å². The van der Waals surface area contributed by atoms with Gasteiger partial charge in [0.15, 0.2) is 0 Å². The molecule has 5 heteroatoms. The van der Waals surface area contributed by atoms with Crippen molar-refractivity contribution in [1.82, 2.24) is 5.43 Å². The Morgan fingerprint density at radius 3 is 2.24 bits per heavy atom. The fourth-order valence-electron chi connectivity index (χ4n) is 2.37. The predicted molar refractivity (Wildman–Crippen MR) is 87.5 cm³/mol. The lowest BCUT2D eigenvalue weighted by Crippen LogP contribution is -2.30. The van der Waals surface area contributed by atoms with E-state index in [1.807, 2.05) is 30.3 Å². The molecule has 0 bridgehead atoms. The van der Waals surface area contributed by atoms with E-state index >= 15 is 0 Å². The van der Waals surface area contributed by atoms with Gasteiger partial charge in [-0.15, -0.1) is 0 Å². The first-order valence-electron chi connectivity index (χ1n) is 6.61. The minimum absolute atomic E-state index is 0.106. The molecule has 2 aromatic carbocycles. The highest BCUT2D eigenvalue weighted by Gasteiger charge is 2.20. The smallest absolute Gasteiger partial charge is 0.127 e. The molecular weight excluding hydrogens is 332 g/mol. The second-order valence-corrected chi connectivity index (χ2v) is 5.55. The molecule has 0 aliphatic heterocycles. The number of nitrogens with one attached hydrogen (secondary N) is 1. The molecule has 0 aliphatic carbocycles. The lowest BCUT2D eigenvalue weighted by atomic mass is 9.97. The first kappa shape index (κ1) is 15.8. The molecule has 4 nitrogen and oxygen atoms in total. The van der Waals surface area contributed by atoms with Crippen LogP contribution >= 0.6 is 15.9 Å². The van der Waals surface area contributed by atoms with E-state index in [1.54, 1.807) is 14.2 Å². The summed E-state index contributed by atoms with van der Waals surface area (Å²) in [6.07, 6.45) is 0.729. The Kier molecular flexibility index (Phi) is 5.61. The number of hydrogen-bond acceptors (Lipinski definition) is 4. The number of nitrogens with two attached hydrogens (primary N) is 1. The molecule has 21 heavy (non-hydrogen) atoms. The Morgan fingerprint density at radius 1 is 1.10 bits per heavy atom. The number of hydrazine groups is 1. The number of hydrogen-bond donors (Lipinski definition) is 2. The highest BCUT2D eigenvalue weighted by atomic mass is 79.9. The van der Waals surface area contributed by atoms with E-state index in [4.69, 9.17) is 15.3 Å². The molecule has 3 N–H and O–H groups in total. The van der Waals surface area contributed by atoms with Crippen molar-refractivity contribution in [3.63, 3.8) is 0 Å². The van der Waals surface area contributed by atoms with Crippen LogP contribution in [0.3, 0.4) is 0 Å². The maximum Gasteiger partial charge on any atom is 0.127 e. The van der Waals surface area contributed by atoms with Crippen LogP contribution in [0.2, 0.25) is 0 Å². The van der Waals surface area contributed by atoms with E-state index in [0.29, 0.717) is 0 Å². The summed E-state index contributed by atoms with van der Waals surface area (Å²) in [7, 11) is 3.29. The second kappa shape index (κ2) is 7.45. The Balaban J connectivity index is 2.37. The SMILES string of the molecule is COc1cccc(OC)c1C(Cc1cccc(Br)c1)NN. The summed E-state index contributed by atoms with van der Waals surface area (Å²) in [6.45, 7) is 0. The maximum absolute atomic E-state index is 5.77. The Hall–Kier alpha value is -1.56. The molecule has 2 aromatic rings.